The maximum atomic E-state index is 8.12. The lowest BCUT2D eigenvalue weighted by atomic mass is 10.0. The van der Waals surface area contributed by atoms with Gasteiger partial charge in [-0.1, -0.05) is 60.1 Å². The number of carbonyl (C=O) groups excluding carboxylic acids is 2. The first-order chi connectivity index (χ1) is 13.2. The summed E-state index contributed by atoms with van der Waals surface area (Å²) in [6.45, 7) is 0. The van der Waals surface area contributed by atoms with E-state index in [2.05, 4.69) is 58.9 Å². The molecule has 2 aromatic heterocycles. The van der Waals surface area contributed by atoms with Crippen molar-refractivity contribution in [2.75, 3.05) is 0 Å². The van der Waals surface area contributed by atoms with E-state index in [1.807, 2.05) is 12.1 Å². The molecule has 0 spiro atoms. The first-order valence-corrected chi connectivity index (χ1v) is 9.19. The highest BCUT2D eigenvalue weighted by Crippen LogP contribution is 2.31. The minimum Gasteiger partial charge on any atom is -0.244 e. The van der Waals surface area contributed by atoms with Crippen molar-refractivity contribution in [1.29, 1.82) is 0 Å². The number of rotatable bonds is 3. The van der Waals surface area contributed by atoms with Gasteiger partial charge in [0.25, 0.3) is 0 Å². The molecule has 0 saturated heterocycles. The van der Waals surface area contributed by atoms with Crippen molar-refractivity contribution in [1.82, 2.24) is 9.97 Å². The minimum absolute atomic E-state index is 0.250. The summed E-state index contributed by atoms with van der Waals surface area (Å²) in [6.07, 6.45) is 2.01. The number of benzene rings is 2. The predicted molar refractivity (Wildman–Crippen MR) is 106 cm³/mol. The summed E-state index contributed by atoms with van der Waals surface area (Å²) >= 11 is 7.46. The highest BCUT2D eigenvalue weighted by atomic mass is 35.5. The Labute approximate surface area is 165 Å². The third kappa shape index (κ3) is 4.74. The van der Waals surface area contributed by atoms with E-state index in [-0.39, 0.29) is 6.15 Å². The number of hydrogen-bond acceptors (Lipinski definition) is 5. The van der Waals surface area contributed by atoms with Crippen LogP contribution in [0.5, 0.6) is 0 Å². The average molecular weight is 393 g/mol. The van der Waals surface area contributed by atoms with Crippen LogP contribution in [0.25, 0.3) is 33.0 Å². The van der Waals surface area contributed by atoms with E-state index < -0.39 is 0 Å². The Morgan fingerprint density at radius 2 is 1.52 bits per heavy atom. The second-order valence-electron chi connectivity index (χ2n) is 5.44. The number of hydrogen-bond donors (Lipinski definition) is 0. The maximum Gasteiger partial charge on any atom is 0.373 e. The molecule has 2 heterocycles. The molecule has 0 amide bonds. The van der Waals surface area contributed by atoms with Gasteiger partial charge in [0, 0.05) is 22.7 Å². The molecule has 4 rings (SSSR count). The minimum atomic E-state index is 0.250. The zero-order valence-corrected chi connectivity index (χ0v) is 15.6. The fraction of sp³-hybridized carbons (Fsp3) is 0. The van der Waals surface area contributed by atoms with Gasteiger partial charge in [-0.2, -0.15) is 9.59 Å². The fourth-order valence-corrected chi connectivity index (χ4v) is 3.46. The summed E-state index contributed by atoms with van der Waals surface area (Å²) in [7, 11) is 0. The van der Waals surface area contributed by atoms with Gasteiger partial charge in [0.15, 0.2) is 0 Å². The zero-order chi connectivity index (χ0) is 19.1. The molecule has 0 fully saturated rings. The molecule has 0 bridgehead atoms. The number of thiazole rings is 1. The fourth-order valence-electron chi connectivity index (χ4n) is 2.53. The van der Waals surface area contributed by atoms with Crippen LogP contribution >= 0.6 is 22.9 Å². The quantitative estimate of drug-likeness (QED) is 0.425. The molecule has 0 aliphatic heterocycles. The lowest BCUT2D eigenvalue weighted by molar-refractivity contribution is -0.191. The Morgan fingerprint density at radius 3 is 2.22 bits per heavy atom. The molecule has 4 nitrogen and oxygen atoms in total. The molecule has 0 atom stereocenters. The van der Waals surface area contributed by atoms with Crippen LogP contribution in [-0.2, 0) is 9.59 Å². The van der Waals surface area contributed by atoms with Crippen molar-refractivity contribution in [3.8, 4) is 33.0 Å². The molecule has 4 aromatic rings. The van der Waals surface area contributed by atoms with Gasteiger partial charge in [0.2, 0.25) is 0 Å². The van der Waals surface area contributed by atoms with Crippen LogP contribution in [0.15, 0.2) is 78.3 Å². The van der Waals surface area contributed by atoms with Gasteiger partial charge >= 0.3 is 6.15 Å². The van der Waals surface area contributed by atoms with Gasteiger partial charge in [-0.3, -0.25) is 0 Å². The van der Waals surface area contributed by atoms with Gasteiger partial charge in [-0.05, 0) is 29.3 Å². The third-order valence-corrected chi connectivity index (χ3v) is 4.86. The molecule has 132 valence electrons. The van der Waals surface area contributed by atoms with Crippen LogP contribution in [0.3, 0.4) is 0 Å². The summed E-state index contributed by atoms with van der Waals surface area (Å²) in [6, 6.07) is 22.5. The van der Waals surface area contributed by atoms with Crippen molar-refractivity contribution in [2.24, 2.45) is 0 Å². The van der Waals surface area contributed by atoms with Crippen LogP contribution in [0.2, 0.25) is 5.15 Å². The SMILES string of the molecule is Clc1ccc(-c2nc(-c3cccc(-c4ccccc4)c3)cs2)cn1.O=C=O. The summed E-state index contributed by atoms with van der Waals surface area (Å²) in [4.78, 5) is 25.1. The topological polar surface area (TPSA) is 59.9 Å². The Morgan fingerprint density at radius 1 is 0.815 bits per heavy atom. The van der Waals surface area contributed by atoms with Gasteiger partial charge in [-0.25, -0.2) is 9.97 Å². The first-order valence-electron chi connectivity index (χ1n) is 7.94. The van der Waals surface area contributed by atoms with Gasteiger partial charge in [0.05, 0.1) is 5.69 Å². The largest absolute Gasteiger partial charge is 0.373 e. The number of aromatic nitrogens is 2. The van der Waals surface area contributed by atoms with Crippen LogP contribution in [0.4, 0.5) is 0 Å². The van der Waals surface area contributed by atoms with E-state index in [0.717, 1.165) is 21.8 Å². The van der Waals surface area contributed by atoms with Crippen LogP contribution in [0, 0.1) is 0 Å². The highest BCUT2D eigenvalue weighted by molar-refractivity contribution is 7.13. The molecule has 0 saturated carbocycles. The Bertz CT molecular complexity index is 1060. The van der Waals surface area contributed by atoms with Crippen LogP contribution < -0.4 is 0 Å². The lowest BCUT2D eigenvalue weighted by Gasteiger charge is -2.03. The molecule has 0 aliphatic rings. The van der Waals surface area contributed by atoms with E-state index in [1.54, 1.807) is 23.6 Å². The summed E-state index contributed by atoms with van der Waals surface area (Å²) in [5, 5.41) is 3.51. The molecule has 2 aromatic carbocycles. The average Bonchev–Trinajstić information content (AvgIpc) is 3.20. The van der Waals surface area contributed by atoms with E-state index in [9.17, 15) is 0 Å². The zero-order valence-electron chi connectivity index (χ0n) is 14.0. The van der Waals surface area contributed by atoms with Crippen molar-refractivity contribution < 1.29 is 9.59 Å². The molecule has 0 radical (unpaired) electrons. The Kier molecular flexibility index (Phi) is 6.23. The standard InChI is InChI=1S/C20H13ClN2S.CO2/c21-19-10-9-17(12-22-19)20-23-18(13-24-20)16-8-4-7-15(11-16)14-5-2-1-3-6-14;2-1-3/h1-13H;. The second-order valence-corrected chi connectivity index (χ2v) is 6.68. The Balaban J connectivity index is 0.000000659. The van der Waals surface area contributed by atoms with Crippen molar-refractivity contribution >= 4 is 29.1 Å². The monoisotopic (exact) mass is 392 g/mol. The Hall–Kier alpha value is -3.11. The van der Waals surface area contributed by atoms with Crippen molar-refractivity contribution in [3.05, 3.63) is 83.5 Å². The molecule has 27 heavy (non-hydrogen) atoms. The number of halogens is 1. The molecule has 0 aliphatic carbocycles. The van der Waals surface area contributed by atoms with E-state index in [4.69, 9.17) is 26.2 Å². The smallest absolute Gasteiger partial charge is 0.244 e. The van der Waals surface area contributed by atoms with E-state index in [1.165, 1.54) is 11.1 Å². The molecule has 0 unspecified atom stereocenters. The lowest BCUT2D eigenvalue weighted by Crippen LogP contribution is -1.83. The highest BCUT2D eigenvalue weighted by Gasteiger charge is 2.08. The van der Waals surface area contributed by atoms with Gasteiger partial charge in [0.1, 0.15) is 10.2 Å². The van der Waals surface area contributed by atoms with E-state index >= 15 is 0 Å². The van der Waals surface area contributed by atoms with Crippen LogP contribution in [0.1, 0.15) is 0 Å². The van der Waals surface area contributed by atoms with Crippen molar-refractivity contribution in [2.45, 2.75) is 0 Å². The molecular formula is C21H13ClN2O2S. The van der Waals surface area contributed by atoms with Gasteiger partial charge in [-0.15, -0.1) is 11.3 Å². The third-order valence-electron chi connectivity index (χ3n) is 3.74. The summed E-state index contributed by atoms with van der Waals surface area (Å²) < 4.78 is 0. The van der Waals surface area contributed by atoms with Crippen molar-refractivity contribution in [3.63, 3.8) is 0 Å². The molecule has 6 heteroatoms. The maximum absolute atomic E-state index is 8.12. The summed E-state index contributed by atoms with van der Waals surface area (Å²) in [5.74, 6) is 0. The first kappa shape index (κ1) is 18.7. The second kappa shape index (κ2) is 9.01. The molecular weight excluding hydrogens is 380 g/mol. The predicted octanol–water partition coefficient (Wildman–Crippen LogP) is 5.61. The molecule has 0 N–H and O–H groups in total. The van der Waals surface area contributed by atoms with E-state index in [0.29, 0.717) is 5.15 Å². The van der Waals surface area contributed by atoms with Gasteiger partial charge < -0.3 is 0 Å². The number of nitrogens with zero attached hydrogens (tertiary/aromatic N) is 2. The number of pyridine rings is 1. The van der Waals surface area contributed by atoms with Crippen LogP contribution in [-0.4, -0.2) is 16.1 Å². The summed E-state index contributed by atoms with van der Waals surface area (Å²) in [5.41, 5.74) is 5.46. The normalized spacial score (nSPS) is 9.81.